The lowest BCUT2D eigenvalue weighted by Crippen LogP contribution is -2.09. The van der Waals surface area contributed by atoms with Crippen molar-refractivity contribution >= 4 is 22.4 Å². The van der Waals surface area contributed by atoms with Gasteiger partial charge in [-0.3, -0.25) is 9.36 Å². The summed E-state index contributed by atoms with van der Waals surface area (Å²) in [6.07, 6.45) is 5.64. The number of hydrogen-bond donors (Lipinski definition) is 1. The molecule has 0 saturated heterocycles. The van der Waals surface area contributed by atoms with Gasteiger partial charge in [0.15, 0.2) is 5.78 Å². The summed E-state index contributed by atoms with van der Waals surface area (Å²) in [6.45, 7) is 1.99. The van der Waals surface area contributed by atoms with E-state index < -0.39 is 0 Å². The van der Waals surface area contributed by atoms with Crippen LogP contribution in [0.25, 0.3) is 16.9 Å². The van der Waals surface area contributed by atoms with E-state index in [9.17, 15) is 4.79 Å². The zero-order valence-corrected chi connectivity index (χ0v) is 13.0. The number of aromatic nitrogens is 4. The maximum atomic E-state index is 11.7. The molecule has 3 rings (SSSR count). The number of hydrogen-bond acceptors (Lipinski definition) is 6. The zero-order chi connectivity index (χ0) is 16.4. The van der Waals surface area contributed by atoms with Gasteiger partial charge < -0.3 is 10.5 Å². The van der Waals surface area contributed by atoms with Gasteiger partial charge in [0.05, 0.1) is 23.5 Å². The molecule has 0 fully saturated rings. The van der Waals surface area contributed by atoms with Gasteiger partial charge in [-0.1, -0.05) is 0 Å². The van der Waals surface area contributed by atoms with E-state index in [1.165, 1.54) is 6.92 Å². The number of nitrogens with two attached hydrogens (primary N) is 1. The third-order valence-electron chi connectivity index (χ3n) is 3.63. The first-order chi connectivity index (χ1) is 11.1. The van der Waals surface area contributed by atoms with Gasteiger partial charge in [-0.2, -0.15) is 0 Å². The Bertz CT molecular complexity index is 859. The average molecular weight is 311 g/mol. The van der Waals surface area contributed by atoms with E-state index in [2.05, 4.69) is 15.0 Å². The highest BCUT2D eigenvalue weighted by Crippen LogP contribution is 2.28. The van der Waals surface area contributed by atoms with E-state index in [4.69, 9.17) is 10.5 Å². The van der Waals surface area contributed by atoms with Gasteiger partial charge in [0.2, 0.25) is 5.95 Å². The zero-order valence-electron chi connectivity index (χ0n) is 13.0. The van der Waals surface area contributed by atoms with Crippen molar-refractivity contribution in [3.8, 4) is 5.95 Å². The Kier molecular flexibility index (Phi) is 4.03. The number of Topliss-reactive ketones (excluding diaryl/α,β-unsaturated/α-hetero) is 1. The smallest absolute Gasteiger partial charge is 0.235 e. The maximum absolute atomic E-state index is 11.7. The van der Waals surface area contributed by atoms with E-state index >= 15 is 0 Å². The van der Waals surface area contributed by atoms with Crippen LogP contribution in [0.3, 0.4) is 0 Å². The van der Waals surface area contributed by atoms with E-state index in [1.807, 2.05) is 0 Å². The van der Waals surface area contributed by atoms with Crippen LogP contribution in [0.5, 0.6) is 0 Å². The Morgan fingerprint density at radius 1 is 1.35 bits per heavy atom. The minimum atomic E-state index is -0.0826. The third kappa shape index (κ3) is 2.78. The van der Waals surface area contributed by atoms with Crippen molar-refractivity contribution < 1.29 is 9.53 Å². The third-order valence-corrected chi connectivity index (χ3v) is 3.63. The lowest BCUT2D eigenvalue weighted by molar-refractivity contribution is 0.101. The molecule has 7 heteroatoms. The van der Waals surface area contributed by atoms with Crippen LogP contribution in [0, 0.1) is 0 Å². The van der Waals surface area contributed by atoms with Gasteiger partial charge in [-0.05, 0) is 19.1 Å². The van der Waals surface area contributed by atoms with Gasteiger partial charge >= 0.3 is 0 Å². The molecule has 0 unspecified atom stereocenters. The second-order valence-corrected chi connectivity index (χ2v) is 5.16. The molecule has 2 heterocycles. The number of benzene rings is 1. The number of nitrogens with zero attached hydrogens (tertiary/aromatic N) is 4. The van der Waals surface area contributed by atoms with E-state index in [-0.39, 0.29) is 5.78 Å². The van der Waals surface area contributed by atoms with Crippen LogP contribution in [-0.2, 0) is 11.2 Å². The largest absolute Gasteiger partial charge is 0.398 e. The lowest BCUT2D eigenvalue weighted by atomic mass is 10.0. The Labute approximate surface area is 133 Å². The van der Waals surface area contributed by atoms with E-state index in [1.54, 1.807) is 42.5 Å². The number of methoxy groups -OCH3 is 1. The standard InChI is InChI=1S/C16H17N5O2/c1-10(22)11-3-4-12-14(15(11)17)13(5-8-23-2)20-16(19-12)21-7-6-18-9-21/h3-4,6-7,9H,5,8,17H2,1-2H3. The number of carbonyl (C=O) groups excluding carboxylic acids is 1. The topological polar surface area (TPSA) is 95.9 Å². The first-order valence-corrected chi connectivity index (χ1v) is 7.19. The summed E-state index contributed by atoms with van der Waals surface area (Å²) >= 11 is 0. The fraction of sp³-hybridized carbons (Fsp3) is 0.250. The number of carbonyl (C=O) groups is 1. The van der Waals surface area contributed by atoms with Crippen molar-refractivity contribution in [2.75, 3.05) is 19.5 Å². The van der Waals surface area contributed by atoms with Crippen molar-refractivity contribution in [2.24, 2.45) is 0 Å². The molecule has 0 atom stereocenters. The van der Waals surface area contributed by atoms with Gasteiger partial charge in [0.1, 0.15) is 6.33 Å². The van der Waals surface area contributed by atoms with Crippen molar-refractivity contribution in [3.63, 3.8) is 0 Å². The number of rotatable bonds is 5. The summed E-state index contributed by atoms with van der Waals surface area (Å²) in [5.74, 6) is 0.428. The molecule has 0 aliphatic heterocycles. The van der Waals surface area contributed by atoms with Crippen molar-refractivity contribution in [2.45, 2.75) is 13.3 Å². The van der Waals surface area contributed by atoms with Crippen molar-refractivity contribution in [3.05, 3.63) is 42.1 Å². The quantitative estimate of drug-likeness (QED) is 0.570. The van der Waals surface area contributed by atoms with Crippen LogP contribution < -0.4 is 5.73 Å². The summed E-state index contributed by atoms with van der Waals surface area (Å²) in [7, 11) is 1.63. The molecular weight excluding hydrogens is 294 g/mol. The maximum Gasteiger partial charge on any atom is 0.235 e. The predicted octanol–water partition coefficient (Wildman–Crippen LogP) is 1.79. The Morgan fingerprint density at radius 3 is 2.83 bits per heavy atom. The highest BCUT2D eigenvalue weighted by Gasteiger charge is 2.15. The first-order valence-electron chi connectivity index (χ1n) is 7.19. The Morgan fingerprint density at radius 2 is 2.17 bits per heavy atom. The molecule has 0 radical (unpaired) electrons. The fourth-order valence-corrected chi connectivity index (χ4v) is 2.49. The van der Waals surface area contributed by atoms with Gasteiger partial charge in [0.25, 0.3) is 0 Å². The van der Waals surface area contributed by atoms with E-state index in [0.717, 1.165) is 5.69 Å². The summed E-state index contributed by atoms with van der Waals surface area (Å²) in [5, 5.41) is 0.707. The molecule has 0 spiro atoms. The lowest BCUT2D eigenvalue weighted by Gasteiger charge is -2.12. The molecule has 2 aromatic heterocycles. The fourth-order valence-electron chi connectivity index (χ4n) is 2.49. The summed E-state index contributed by atoms with van der Waals surface area (Å²) < 4.78 is 6.88. The summed E-state index contributed by atoms with van der Waals surface area (Å²) in [4.78, 5) is 24.9. The van der Waals surface area contributed by atoms with Gasteiger partial charge in [-0.25, -0.2) is 15.0 Å². The predicted molar refractivity (Wildman–Crippen MR) is 86.7 cm³/mol. The van der Waals surface area contributed by atoms with Gasteiger partial charge in [-0.15, -0.1) is 0 Å². The highest BCUT2D eigenvalue weighted by molar-refractivity contribution is 6.07. The Balaban J connectivity index is 2.26. The van der Waals surface area contributed by atoms with Crippen LogP contribution >= 0.6 is 0 Å². The highest BCUT2D eigenvalue weighted by atomic mass is 16.5. The number of fused-ring (bicyclic) bond motifs is 1. The van der Waals surface area contributed by atoms with Crippen molar-refractivity contribution in [1.29, 1.82) is 0 Å². The first kappa shape index (κ1) is 15.1. The SMILES string of the molecule is COCCc1nc(-n2ccnc2)nc2ccc(C(C)=O)c(N)c12. The molecular formula is C16H17N5O2. The van der Waals surface area contributed by atoms with Crippen LogP contribution in [0.2, 0.25) is 0 Å². The summed E-state index contributed by atoms with van der Waals surface area (Å²) in [6, 6.07) is 3.49. The molecule has 0 amide bonds. The molecule has 0 aliphatic carbocycles. The second-order valence-electron chi connectivity index (χ2n) is 5.16. The second kappa shape index (κ2) is 6.13. The molecule has 7 nitrogen and oxygen atoms in total. The van der Waals surface area contributed by atoms with E-state index in [0.29, 0.717) is 41.1 Å². The minimum Gasteiger partial charge on any atom is -0.398 e. The number of ether oxygens (including phenoxy) is 1. The number of ketones is 1. The average Bonchev–Trinajstić information content (AvgIpc) is 3.06. The minimum absolute atomic E-state index is 0.0826. The summed E-state index contributed by atoms with van der Waals surface area (Å²) in [5.41, 5.74) is 8.54. The monoisotopic (exact) mass is 311 g/mol. The normalized spacial score (nSPS) is 11.0. The molecule has 0 aliphatic rings. The molecule has 3 aromatic rings. The molecule has 2 N–H and O–H groups in total. The molecule has 0 bridgehead atoms. The van der Waals surface area contributed by atoms with Crippen LogP contribution in [0.4, 0.5) is 5.69 Å². The van der Waals surface area contributed by atoms with Crippen LogP contribution in [-0.4, -0.2) is 39.0 Å². The Hall–Kier alpha value is -2.80. The number of imidazole rings is 1. The number of nitrogen functional groups attached to an aromatic ring is 1. The number of anilines is 1. The van der Waals surface area contributed by atoms with Gasteiger partial charge in [0, 0.05) is 36.9 Å². The molecule has 0 saturated carbocycles. The molecule has 118 valence electrons. The molecule has 23 heavy (non-hydrogen) atoms. The van der Waals surface area contributed by atoms with Crippen molar-refractivity contribution in [1.82, 2.24) is 19.5 Å². The van der Waals surface area contributed by atoms with Crippen LogP contribution in [0.1, 0.15) is 23.0 Å². The van der Waals surface area contributed by atoms with Crippen LogP contribution in [0.15, 0.2) is 30.9 Å². The molecule has 1 aromatic carbocycles.